The van der Waals surface area contributed by atoms with Crippen LogP contribution in [-0.2, 0) is 10.0 Å². The van der Waals surface area contributed by atoms with Crippen LogP contribution in [0.2, 0.25) is 0 Å². The molecule has 1 aromatic rings. The Morgan fingerprint density at radius 1 is 1.38 bits per heavy atom. The Balaban J connectivity index is 2.33. The standard InChI is InChI=1S/C11H16N2O2S/c1-9(10-5-2-3-6-11(10)12)13-7-4-8-16(13,14)15/h2-3,5-6,9H,4,7-8,12H2,1H3. The van der Waals surface area contributed by atoms with Gasteiger partial charge in [-0.3, -0.25) is 0 Å². The summed E-state index contributed by atoms with van der Waals surface area (Å²) in [5.41, 5.74) is 7.39. The number of benzene rings is 1. The number of anilines is 1. The number of hydrogen-bond donors (Lipinski definition) is 1. The first-order valence-electron chi connectivity index (χ1n) is 5.36. The third-order valence-electron chi connectivity index (χ3n) is 3.02. The zero-order valence-corrected chi connectivity index (χ0v) is 10.1. The Morgan fingerprint density at radius 3 is 2.62 bits per heavy atom. The largest absolute Gasteiger partial charge is 0.398 e. The van der Waals surface area contributed by atoms with Gasteiger partial charge in [-0.1, -0.05) is 18.2 Å². The fraction of sp³-hybridized carbons (Fsp3) is 0.455. The second-order valence-electron chi connectivity index (χ2n) is 4.09. The summed E-state index contributed by atoms with van der Waals surface area (Å²) < 4.78 is 25.1. The van der Waals surface area contributed by atoms with Crippen LogP contribution in [0.25, 0.3) is 0 Å². The molecule has 0 aliphatic carbocycles. The number of nitrogens with two attached hydrogens (primary N) is 1. The van der Waals surface area contributed by atoms with Gasteiger partial charge >= 0.3 is 0 Å². The van der Waals surface area contributed by atoms with Gasteiger partial charge in [0.2, 0.25) is 10.0 Å². The molecular formula is C11H16N2O2S. The highest BCUT2D eigenvalue weighted by atomic mass is 32.2. The third kappa shape index (κ3) is 1.92. The van der Waals surface area contributed by atoms with E-state index in [-0.39, 0.29) is 11.8 Å². The van der Waals surface area contributed by atoms with Crippen LogP contribution in [0.5, 0.6) is 0 Å². The highest BCUT2D eigenvalue weighted by molar-refractivity contribution is 7.89. The zero-order valence-electron chi connectivity index (χ0n) is 9.26. The van der Waals surface area contributed by atoms with Crippen molar-refractivity contribution in [2.45, 2.75) is 19.4 Å². The van der Waals surface area contributed by atoms with E-state index < -0.39 is 10.0 Å². The average molecular weight is 240 g/mol. The van der Waals surface area contributed by atoms with E-state index >= 15 is 0 Å². The summed E-state index contributed by atoms with van der Waals surface area (Å²) in [4.78, 5) is 0. The second-order valence-corrected chi connectivity index (χ2v) is 6.13. The molecule has 0 saturated carbocycles. The van der Waals surface area contributed by atoms with Crippen molar-refractivity contribution in [1.29, 1.82) is 0 Å². The molecule has 0 amide bonds. The van der Waals surface area contributed by atoms with Crippen molar-refractivity contribution in [2.75, 3.05) is 18.0 Å². The molecule has 1 unspecified atom stereocenters. The van der Waals surface area contributed by atoms with Crippen LogP contribution in [0.4, 0.5) is 5.69 Å². The molecule has 1 aliphatic heterocycles. The third-order valence-corrected chi connectivity index (χ3v) is 5.03. The molecular weight excluding hydrogens is 224 g/mol. The maximum atomic E-state index is 11.8. The number of nitrogen functional groups attached to an aromatic ring is 1. The van der Waals surface area contributed by atoms with Crippen molar-refractivity contribution >= 4 is 15.7 Å². The molecule has 0 radical (unpaired) electrons. The van der Waals surface area contributed by atoms with Crippen LogP contribution in [-0.4, -0.2) is 25.0 Å². The van der Waals surface area contributed by atoms with Crippen molar-refractivity contribution in [3.63, 3.8) is 0 Å². The van der Waals surface area contributed by atoms with Crippen LogP contribution < -0.4 is 5.73 Å². The molecule has 0 aromatic heterocycles. The lowest BCUT2D eigenvalue weighted by atomic mass is 10.1. The maximum Gasteiger partial charge on any atom is 0.214 e. The Hall–Kier alpha value is -1.07. The zero-order chi connectivity index (χ0) is 11.8. The van der Waals surface area contributed by atoms with Crippen molar-refractivity contribution < 1.29 is 8.42 Å². The van der Waals surface area contributed by atoms with E-state index in [1.807, 2.05) is 25.1 Å². The van der Waals surface area contributed by atoms with E-state index in [9.17, 15) is 8.42 Å². The number of para-hydroxylation sites is 1. The first-order valence-corrected chi connectivity index (χ1v) is 6.97. The van der Waals surface area contributed by atoms with Crippen LogP contribution in [0.1, 0.15) is 24.9 Å². The van der Waals surface area contributed by atoms with Crippen LogP contribution in [0.15, 0.2) is 24.3 Å². The highest BCUT2D eigenvalue weighted by Gasteiger charge is 2.33. The molecule has 1 atom stereocenters. The minimum absolute atomic E-state index is 0.173. The first kappa shape index (κ1) is 11.4. The fourth-order valence-corrected chi connectivity index (χ4v) is 3.87. The van der Waals surface area contributed by atoms with Gasteiger partial charge < -0.3 is 5.73 Å². The van der Waals surface area contributed by atoms with Crippen LogP contribution in [0, 0.1) is 0 Å². The van der Waals surface area contributed by atoms with Gasteiger partial charge in [0.25, 0.3) is 0 Å². The van der Waals surface area contributed by atoms with Gasteiger partial charge in [-0.25, -0.2) is 8.42 Å². The Labute approximate surface area is 96.1 Å². The van der Waals surface area contributed by atoms with Gasteiger partial charge in [-0.2, -0.15) is 4.31 Å². The molecule has 5 heteroatoms. The quantitative estimate of drug-likeness (QED) is 0.794. The van der Waals surface area contributed by atoms with Crippen LogP contribution in [0.3, 0.4) is 0 Å². The van der Waals surface area contributed by atoms with Gasteiger partial charge in [0.15, 0.2) is 0 Å². The van der Waals surface area contributed by atoms with Crippen molar-refractivity contribution in [2.24, 2.45) is 0 Å². The molecule has 1 aromatic carbocycles. The second kappa shape index (κ2) is 4.07. The van der Waals surface area contributed by atoms with Crippen molar-refractivity contribution in [3.8, 4) is 0 Å². The van der Waals surface area contributed by atoms with Gasteiger partial charge in [0.05, 0.1) is 5.75 Å². The molecule has 0 spiro atoms. The average Bonchev–Trinajstić information content (AvgIpc) is 2.58. The fourth-order valence-electron chi connectivity index (χ4n) is 2.14. The maximum absolute atomic E-state index is 11.8. The Kier molecular flexibility index (Phi) is 2.90. The monoisotopic (exact) mass is 240 g/mol. The summed E-state index contributed by atoms with van der Waals surface area (Å²) in [5, 5.41) is 0. The summed E-state index contributed by atoms with van der Waals surface area (Å²) in [7, 11) is -3.07. The van der Waals surface area contributed by atoms with E-state index in [0.717, 1.165) is 5.56 Å². The molecule has 16 heavy (non-hydrogen) atoms. The molecule has 1 heterocycles. The number of hydrogen-bond acceptors (Lipinski definition) is 3. The molecule has 88 valence electrons. The number of rotatable bonds is 2. The van der Waals surface area contributed by atoms with E-state index in [1.54, 1.807) is 10.4 Å². The van der Waals surface area contributed by atoms with Gasteiger partial charge in [0.1, 0.15) is 0 Å². The molecule has 2 rings (SSSR count). The summed E-state index contributed by atoms with van der Waals surface area (Å²) in [6.07, 6.45) is 0.708. The van der Waals surface area contributed by atoms with Crippen molar-refractivity contribution in [1.82, 2.24) is 4.31 Å². The predicted molar refractivity (Wildman–Crippen MR) is 64.4 cm³/mol. The lowest BCUT2D eigenvalue weighted by molar-refractivity contribution is 0.369. The lowest BCUT2D eigenvalue weighted by Gasteiger charge is -2.24. The normalized spacial score (nSPS) is 22.1. The molecule has 4 nitrogen and oxygen atoms in total. The summed E-state index contributed by atoms with van der Waals surface area (Å²) >= 11 is 0. The number of nitrogens with zero attached hydrogens (tertiary/aromatic N) is 1. The molecule has 1 aliphatic rings. The van der Waals surface area contributed by atoms with Gasteiger partial charge in [0, 0.05) is 18.3 Å². The highest BCUT2D eigenvalue weighted by Crippen LogP contribution is 2.30. The van der Waals surface area contributed by atoms with Gasteiger partial charge in [-0.05, 0) is 25.0 Å². The molecule has 0 bridgehead atoms. The predicted octanol–water partition coefficient (Wildman–Crippen LogP) is 1.37. The summed E-state index contributed by atoms with van der Waals surface area (Å²) in [5.74, 6) is 0.254. The summed E-state index contributed by atoms with van der Waals surface area (Å²) in [6.45, 7) is 2.48. The lowest BCUT2D eigenvalue weighted by Crippen LogP contribution is -2.29. The smallest absolute Gasteiger partial charge is 0.214 e. The first-order chi connectivity index (χ1) is 7.52. The van der Waals surface area contributed by atoms with Crippen molar-refractivity contribution in [3.05, 3.63) is 29.8 Å². The van der Waals surface area contributed by atoms with E-state index in [4.69, 9.17) is 5.73 Å². The Bertz CT molecular complexity index is 485. The summed E-state index contributed by atoms with van der Waals surface area (Å²) in [6, 6.07) is 7.24. The molecule has 1 saturated heterocycles. The van der Waals surface area contributed by atoms with Crippen LogP contribution >= 0.6 is 0 Å². The SMILES string of the molecule is CC(c1ccccc1N)N1CCCS1(=O)=O. The Morgan fingerprint density at radius 2 is 2.06 bits per heavy atom. The molecule has 1 fully saturated rings. The molecule has 2 N–H and O–H groups in total. The number of sulfonamides is 1. The topological polar surface area (TPSA) is 63.4 Å². The van der Waals surface area contributed by atoms with E-state index in [1.165, 1.54) is 0 Å². The van der Waals surface area contributed by atoms with Gasteiger partial charge in [-0.15, -0.1) is 0 Å². The van der Waals surface area contributed by atoms with E-state index in [0.29, 0.717) is 18.7 Å². The van der Waals surface area contributed by atoms with E-state index in [2.05, 4.69) is 0 Å². The minimum Gasteiger partial charge on any atom is -0.398 e. The minimum atomic E-state index is -3.07.